The molecule has 4 atom stereocenters. The van der Waals surface area contributed by atoms with Gasteiger partial charge in [0.1, 0.15) is 0 Å². The van der Waals surface area contributed by atoms with E-state index in [4.69, 9.17) is 0 Å². The molecule has 0 aromatic rings. The summed E-state index contributed by atoms with van der Waals surface area (Å²) in [5.74, 6) is -0.912. The molecule has 1 aliphatic heterocycles. The topological polar surface area (TPSA) is 41.1 Å². The highest BCUT2D eigenvalue weighted by atomic mass is 19.4. The summed E-state index contributed by atoms with van der Waals surface area (Å²) in [4.78, 5) is 12.1. The monoisotopic (exact) mass is 292 g/mol. The van der Waals surface area contributed by atoms with Crippen LogP contribution in [0.3, 0.4) is 0 Å². The summed E-state index contributed by atoms with van der Waals surface area (Å²) in [5, 5.41) is 5.96. The molecule has 116 valence electrons. The number of halogens is 3. The maximum Gasteiger partial charge on any atom is 0.391 e. The minimum atomic E-state index is -4.14. The highest BCUT2D eigenvalue weighted by molar-refractivity contribution is 5.82. The van der Waals surface area contributed by atoms with E-state index in [-0.39, 0.29) is 30.8 Å². The van der Waals surface area contributed by atoms with Crippen LogP contribution in [-0.2, 0) is 4.79 Å². The van der Waals surface area contributed by atoms with E-state index in [1.807, 2.05) is 0 Å². The van der Waals surface area contributed by atoms with Gasteiger partial charge in [-0.2, -0.15) is 13.2 Å². The maximum atomic E-state index is 12.7. The quantitative estimate of drug-likeness (QED) is 0.821. The number of nitrogens with one attached hydrogen (secondary N) is 2. The van der Waals surface area contributed by atoms with Gasteiger partial charge in [-0.25, -0.2) is 0 Å². The predicted molar refractivity (Wildman–Crippen MR) is 70.1 cm³/mol. The van der Waals surface area contributed by atoms with E-state index in [1.165, 1.54) is 0 Å². The van der Waals surface area contributed by atoms with Gasteiger partial charge in [-0.05, 0) is 44.6 Å². The number of rotatable bonds is 2. The molecule has 0 aromatic carbocycles. The minimum Gasteiger partial charge on any atom is -0.352 e. The van der Waals surface area contributed by atoms with E-state index in [0.29, 0.717) is 18.8 Å². The normalized spacial score (nSPS) is 35.6. The summed E-state index contributed by atoms with van der Waals surface area (Å²) in [6.07, 6.45) is -0.929. The molecular formula is C14H23F3N2O. The van der Waals surface area contributed by atoms with Crippen LogP contribution in [0.2, 0.25) is 0 Å². The van der Waals surface area contributed by atoms with Crippen LogP contribution in [0.5, 0.6) is 0 Å². The van der Waals surface area contributed by atoms with Crippen molar-refractivity contribution in [1.29, 1.82) is 0 Å². The Morgan fingerprint density at radius 1 is 1.20 bits per heavy atom. The van der Waals surface area contributed by atoms with Crippen molar-refractivity contribution in [2.45, 2.75) is 63.7 Å². The Morgan fingerprint density at radius 3 is 2.60 bits per heavy atom. The standard InChI is InChI=1S/C14H23F3N2O/c1-9-5-6-18-12(7-9)13(20)19-11-4-2-3-10(8-11)14(15,16)17/h9-12,18H,2-8H2,1H3,(H,19,20). The second-order valence-electron chi connectivity index (χ2n) is 6.25. The maximum absolute atomic E-state index is 12.7. The fourth-order valence-electron chi connectivity index (χ4n) is 3.23. The van der Waals surface area contributed by atoms with Crippen molar-refractivity contribution < 1.29 is 18.0 Å². The lowest BCUT2D eigenvalue weighted by atomic mass is 9.85. The fourth-order valence-corrected chi connectivity index (χ4v) is 3.23. The van der Waals surface area contributed by atoms with Gasteiger partial charge in [-0.3, -0.25) is 4.79 Å². The van der Waals surface area contributed by atoms with Gasteiger partial charge < -0.3 is 10.6 Å². The predicted octanol–water partition coefficient (Wildman–Crippen LogP) is 2.61. The van der Waals surface area contributed by atoms with E-state index in [1.54, 1.807) is 0 Å². The summed E-state index contributed by atoms with van der Waals surface area (Å²) in [7, 11) is 0. The van der Waals surface area contributed by atoms with E-state index in [2.05, 4.69) is 17.6 Å². The Morgan fingerprint density at radius 2 is 1.95 bits per heavy atom. The lowest BCUT2D eigenvalue weighted by molar-refractivity contribution is -0.184. The molecule has 1 aliphatic carbocycles. The van der Waals surface area contributed by atoms with E-state index >= 15 is 0 Å². The largest absolute Gasteiger partial charge is 0.391 e. The molecule has 4 unspecified atom stereocenters. The third kappa shape index (κ3) is 4.11. The van der Waals surface area contributed by atoms with Crippen LogP contribution >= 0.6 is 0 Å². The zero-order valence-corrected chi connectivity index (χ0v) is 11.8. The van der Waals surface area contributed by atoms with Crippen LogP contribution in [-0.4, -0.2) is 30.7 Å². The van der Waals surface area contributed by atoms with Crippen molar-refractivity contribution in [3.05, 3.63) is 0 Å². The van der Waals surface area contributed by atoms with Crippen molar-refractivity contribution in [1.82, 2.24) is 10.6 Å². The average molecular weight is 292 g/mol. The van der Waals surface area contributed by atoms with Crippen molar-refractivity contribution >= 4 is 5.91 Å². The van der Waals surface area contributed by atoms with Crippen LogP contribution in [0.25, 0.3) is 0 Å². The molecular weight excluding hydrogens is 269 g/mol. The summed E-state index contributed by atoms with van der Waals surface area (Å²) >= 11 is 0. The summed E-state index contributed by atoms with van der Waals surface area (Å²) < 4.78 is 38.2. The van der Waals surface area contributed by atoms with Gasteiger partial charge in [0.2, 0.25) is 5.91 Å². The minimum absolute atomic E-state index is 0.0253. The van der Waals surface area contributed by atoms with E-state index in [9.17, 15) is 18.0 Å². The van der Waals surface area contributed by atoms with Crippen LogP contribution in [0.4, 0.5) is 13.2 Å². The van der Waals surface area contributed by atoms with Gasteiger partial charge in [-0.15, -0.1) is 0 Å². The first-order valence-electron chi connectivity index (χ1n) is 7.46. The number of alkyl halides is 3. The number of amides is 1. The number of carbonyl (C=O) groups excluding carboxylic acids is 1. The molecule has 2 rings (SSSR count). The van der Waals surface area contributed by atoms with Crippen LogP contribution in [0, 0.1) is 11.8 Å². The van der Waals surface area contributed by atoms with E-state index < -0.39 is 12.1 Å². The summed E-state index contributed by atoms with van der Waals surface area (Å²) in [5.41, 5.74) is 0. The second kappa shape index (κ2) is 6.33. The molecule has 1 saturated heterocycles. The Labute approximate surface area is 117 Å². The van der Waals surface area contributed by atoms with Gasteiger partial charge in [0.05, 0.1) is 12.0 Å². The third-order valence-electron chi connectivity index (χ3n) is 4.47. The summed E-state index contributed by atoms with van der Waals surface area (Å²) in [6, 6.07) is -0.577. The highest BCUT2D eigenvalue weighted by Crippen LogP contribution is 2.37. The molecule has 0 spiro atoms. The number of piperidine rings is 1. The van der Waals surface area contributed by atoms with Gasteiger partial charge in [0, 0.05) is 6.04 Å². The zero-order chi connectivity index (χ0) is 14.8. The molecule has 2 N–H and O–H groups in total. The van der Waals surface area contributed by atoms with Crippen molar-refractivity contribution in [3.8, 4) is 0 Å². The molecule has 1 saturated carbocycles. The lowest BCUT2D eigenvalue weighted by Crippen LogP contribution is -2.52. The Bertz CT molecular complexity index is 346. The molecule has 3 nitrogen and oxygen atoms in total. The number of hydrogen-bond acceptors (Lipinski definition) is 2. The van der Waals surface area contributed by atoms with Gasteiger partial charge in [-0.1, -0.05) is 13.3 Å². The molecule has 6 heteroatoms. The van der Waals surface area contributed by atoms with E-state index in [0.717, 1.165) is 19.4 Å². The van der Waals surface area contributed by atoms with Gasteiger partial charge >= 0.3 is 6.18 Å². The van der Waals surface area contributed by atoms with Crippen molar-refractivity contribution in [2.75, 3.05) is 6.54 Å². The number of hydrogen-bond donors (Lipinski definition) is 2. The summed E-state index contributed by atoms with van der Waals surface area (Å²) in [6.45, 7) is 2.90. The molecule has 2 fully saturated rings. The lowest BCUT2D eigenvalue weighted by Gasteiger charge is -2.33. The smallest absolute Gasteiger partial charge is 0.352 e. The molecule has 1 amide bonds. The fraction of sp³-hybridized carbons (Fsp3) is 0.929. The van der Waals surface area contributed by atoms with Crippen LogP contribution < -0.4 is 10.6 Å². The average Bonchev–Trinajstić information content (AvgIpc) is 2.38. The molecule has 1 heterocycles. The van der Waals surface area contributed by atoms with Crippen molar-refractivity contribution in [2.24, 2.45) is 11.8 Å². The molecule has 0 aromatic heterocycles. The Balaban J connectivity index is 1.84. The van der Waals surface area contributed by atoms with Crippen molar-refractivity contribution in [3.63, 3.8) is 0 Å². The zero-order valence-electron chi connectivity index (χ0n) is 11.8. The van der Waals surface area contributed by atoms with Crippen LogP contribution in [0.1, 0.15) is 45.4 Å². The van der Waals surface area contributed by atoms with Gasteiger partial charge in [0.25, 0.3) is 0 Å². The first-order chi connectivity index (χ1) is 9.36. The first-order valence-corrected chi connectivity index (χ1v) is 7.46. The second-order valence-corrected chi connectivity index (χ2v) is 6.25. The first kappa shape index (κ1) is 15.6. The molecule has 0 bridgehead atoms. The Kier molecular flexibility index (Phi) is 4.94. The van der Waals surface area contributed by atoms with Gasteiger partial charge in [0.15, 0.2) is 0 Å². The molecule has 2 aliphatic rings. The number of carbonyl (C=O) groups is 1. The highest BCUT2D eigenvalue weighted by Gasteiger charge is 2.42. The SMILES string of the molecule is CC1CCNC(C(=O)NC2CCCC(C(F)(F)F)C2)C1. The van der Waals surface area contributed by atoms with Crippen LogP contribution in [0.15, 0.2) is 0 Å². The molecule has 20 heavy (non-hydrogen) atoms. The third-order valence-corrected chi connectivity index (χ3v) is 4.47. The Hall–Kier alpha value is -0.780. The molecule has 0 radical (unpaired) electrons.